The molecule has 3 atom stereocenters. The first-order valence-corrected chi connectivity index (χ1v) is 32.7. The average Bonchev–Trinajstić information content (AvgIpc) is 3.41. The molecule has 442 valence electrons. The summed E-state index contributed by atoms with van der Waals surface area (Å²) < 4.78 is 39.6. The van der Waals surface area contributed by atoms with Gasteiger partial charge in [0.1, 0.15) is 12.7 Å². The largest absolute Gasteiger partial charge is 0.472 e. The first-order chi connectivity index (χ1) is 37.2. The molecule has 11 nitrogen and oxygen atoms in total. The second kappa shape index (κ2) is 58.3. The van der Waals surface area contributed by atoms with Gasteiger partial charge in [0.15, 0.2) is 6.10 Å². The van der Waals surface area contributed by atoms with Crippen molar-refractivity contribution in [3.05, 3.63) is 60.8 Å². The van der Waals surface area contributed by atoms with Gasteiger partial charge in [-0.05, 0) is 109 Å². The third-order valence-electron chi connectivity index (χ3n) is 13.4. The lowest BCUT2D eigenvalue weighted by Gasteiger charge is -2.21. The zero-order valence-electron chi connectivity index (χ0n) is 49.0. The van der Waals surface area contributed by atoms with Crippen LogP contribution in [0.3, 0.4) is 0 Å². The Morgan fingerprint density at radius 1 is 0.368 bits per heavy atom. The molecule has 0 radical (unpaired) electrons. The van der Waals surface area contributed by atoms with Gasteiger partial charge < -0.3 is 24.2 Å². The van der Waals surface area contributed by atoms with Crippen LogP contribution in [0.2, 0.25) is 0 Å². The number of carbonyl (C=O) groups is 3. The third kappa shape index (κ3) is 55.9. The van der Waals surface area contributed by atoms with Crippen molar-refractivity contribution in [1.82, 2.24) is 0 Å². The lowest BCUT2D eigenvalue weighted by atomic mass is 10.1. The van der Waals surface area contributed by atoms with Gasteiger partial charge >= 0.3 is 25.7 Å². The molecule has 0 saturated heterocycles. The van der Waals surface area contributed by atoms with Crippen LogP contribution in [0.5, 0.6) is 0 Å². The van der Waals surface area contributed by atoms with Gasteiger partial charge in [-0.2, -0.15) is 0 Å². The van der Waals surface area contributed by atoms with Crippen molar-refractivity contribution < 1.29 is 52.2 Å². The summed E-state index contributed by atoms with van der Waals surface area (Å²) in [4.78, 5) is 48.7. The third-order valence-corrected chi connectivity index (χ3v) is 14.3. The highest BCUT2D eigenvalue weighted by Crippen LogP contribution is 2.43. The smallest absolute Gasteiger partial charge is 0.462 e. The Bertz CT molecular complexity index is 1510. The quantitative estimate of drug-likeness (QED) is 0.0197. The minimum Gasteiger partial charge on any atom is -0.462 e. The maximum atomic E-state index is 12.9. The van der Waals surface area contributed by atoms with Crippen LogP contribution in [0.1, 0.15) is 290 Å². The van der Waals surface area contributed by atoms with Crippen molar-refractivity contribution in [1.29, 1.82) is 0 Å². The molecule has 0 amide bonds. The molecule has 0 aliphatic rings. The molecule has 2 N–H and O–H groups in total. The highest BCUT2D eigenvalue weighted by atomic mass is 31.2. The fourth-order valence-electron chi connectivity index (χ4n) is 8.59. The molecule has 0 aromatic heterocycles. The zero-order chi connectivity index (χ0) is 55.5. The topological polar surface area (TPSA) is 155 Å². The second-order valence-corrected chi connectivity index (χ2v) is 22.3. The maximum Gasteiger partial charge on any atom is 0.472 e. The Morgan fingerprint density at radius 3 is 1.01 bits per heavy atom. The molecular formula is C64H115O11P. The highest BCUT2D eigenvalue weighted by Gasteiger charge is 2.28. The van der Waals surface area contributed by atoms with Crippen molar-refractivity contribution in [2.45, 2.75) is 303 Å². The van der Waals surface area contributed by atoms with Gasteiger partial charge in [-0.25, -0.2) is 4.57 Å². The lowest BCUT2D eigenvalue weighted by molar-refractivity contribution is -0.161. The number of phosphoric ester groups is 1. The van der Waals surface area contributed by atoms with Gasteiger partial charge in [-0.1, -0.05) is 223 Å². The number of allylic oxidation sites excluding steroid dienone is 10. The van der Waals surface area contributed by atoms with Crippen LogP contribution in [0, 0.1) is 0 Å². The van der Waals surface area contributed by atoms with E-state index >= 15 is 0 Å². The monoisotopic (exact) mass is 1090 g/mol. The molecule has 0 aliphatic heterocycles. The number of phosphoric acid groups is 1. The first kappa shape index (κ1) is 73.2. The van der Waals surface area contributed by atoms with E-state index in [0.29, 0.717) is 19.3 Å². The van der Waals surface area contributed by atoms with Crippen molar-refractivity contribution >= 4 is 25.7 Å². The predicted octanol–water partition coefficient (Wildman–Crippen LogP) is 18.7. The summed E-state index contributed by atoms with van der Waals surface area (Å²) in [6.45, 7) is 4.60. The van der Waals surface area contributed by atoms with Gasteiger partial charge in [0, 0.05) is 19.3 Å². The number of ether oxygens (including phenoxy) is 3. The molecule has 0 fully saturated rings. The summed E-state index contributed by atoms with van der Waals surface area (Å²) in [5, 5.41) is 9.84. The Balaban J connectivity index is 4.71. The fraction of sp³-hybridized carbons (Fsp3) is 0.797. The number of aliphatic hydroxyl groups excluding tert-OH is 1. The molecule has 0 aliphatic carbocycles. The Hall–Kier alpha value is -2.82. The van der Waals surface area contributed by atoms with Crippen LogP contribution in [0.4, 0.5) is 0 Å². The number of unbranched alkanes of at least 4 members (excludes halogenated alkanes) is 31. The minimum atomic E-state index is -4.76. The summed E-state index contributed by atoms with van der Waals surface area (Å²) in [6.07, 6.45) is 64.5. The van der Waals surface area contributed by atoms with Gasteiger partial charge in [0.2, 0.25) is 0 Å². The van der Waals surface area contributed by atoms with E-state index in [4.69, 9.17) is 23.3 Å². The molecule has 12 heteroatoms. The van der Waals surface area contributed by atoms with Crippen LogP contribution in [-0.2, 0) is 42.2 Å². The van der Waals surface area contributed by atoms with Gasteiger partial charge in [0.05, 0.1) is 19.8 Å². The van der Waals surface area contributed by atoms with Crippen molar-refractivity contribution in [2.75, 3.05) is 26.4 Å². The van der Waals surface area contributed by atoms with E-state index in [2.05, 4.69) is 81.5 Å². The molecule has 0 heterocycles. The number of aliphatic hydroxyl groups is 1. The Kier molecular flexibility index (Phi) is 56.2. The van der Waals surface area contributed by atoms with E-state index < -0.39 is 57.8 Å². The normalized spacial score (nSPS) is 13.7. The summed E-state index contributed by atoms with van der Waals surface area (Å²) in [7, 11) is -4.76. The van der Waals surface area contributed by atoms with E-state index in [0.717, 1.165) is 109 Å². The molecule has 0 aromatic carbocycles. The van der Waals surface area contributed by atoms with Crippen molar-refractivity contribution in [3.8, 4) is 0 Å². The van der Waals surface area contributed by atoms with Gasteiger partial charge in [0.25, 0.3) is 0 Å². The van der Waals surface area contributed by atoms with E-state index in [1.54, 1.807) is 0 Å². The summed E-state index contributed by atoms with van der Waals surface area (Å²) in [6, 6.07) is 0. The summed E-state index contributed by atoms with van der Waals surface area (Å²) in [5.41, 5.74) is 0. The van der Waals surface area contributed by atoms with Crippen LogP contribution in [0.25, 0.3) is 0 Å². The highest BCUT2D eigenvalue weighted by molar-refractivity contribution is 7.47. The number of hydrogen-bond acceptors (Lipinski definition) is 10. The van der Waals surface area contributed by atoms with Gasteiger partial charge in [-0.15, -0.1) is 0 Å². The minimum absolute atomic E-state index is 0.155. The number of hydrogen-bond donors (Lipinski definition) is 2. The van der Waals surface area contributed by atoms with E-state index in [-0.39, 0.29) is 25.9 Å². The molecule has 76 heavy (non-hydrogen) atoms. The maximum absolute atomic E-state index is 12.9. The lowest BCUT2D eigenvalue weighted by Crippen LogP contribution is -2.30. The molecular weight excluding hydrogens is 976 g/mol. The number of esters is 3. The molecule has 0 saturated carbocycles. The summed E-state index contributed by atoms with van der Waals surface area (Å²) >= 11 is 0. The zero-order valence-corrected chi connectivity index (χ0v) is 49.9. The molecule has 0 rings (SSSR count). The predicted molar refractivity (Wildman–Crippen MR) is 316 cm³/mol. The second-order valence-electron chi connectivity index (χ2n) is 20.9. The fourth-order valence-corrected chi connectivity index (χ4v) is 9.37. The Labute approximate surface area is 465 Å². The molecule has 0 aromatic rings. The molecule has 3 unspecified atom stereocenters. The molecule has 0 bridgehead atoms. The number of rotatable bonds is 58. The molecule has 0 spiro atoms. The summed E-state index contributed by atoms with van der Waals surface area (Å²) in [5.74, 6) is -1.48. The van der Waals surface area contributed by atoms with Crippen LogP contribution >= 0.6 is 7.82 Å². The van der Waals surface area contributed by atoms with Crippen LogP contribution in [-0.4, -0.2) is 66.5 Å². The van der Waals surface area contributed by atoms with E-state index in [9.17, 15) is 28.9 Å². The SMILES string of the molecule is CCCCC/C=C\C/C=C\CCCCCCCCCC(=O)OC(COC(=O)CCCCCCC/C=C\C/C=C\CCCCC)COP(=O)(O)OCC(CO)OC(=O)CCCCCCCCC/C=C\CCCCCCCC. The Morgan fingerprint density at radius 2 is 0.645 bits per heavy atom. The number of carbonyl (C=O) groups excluding carboxylic acids is 3. The van der Waals surface area contributed by atoms with Crippen molar-refractivity contribution in [2.24, 2.45) is 0 Å². The van der Waals surface area contributed by atoms with E-state index in [1.165, 1.54) is 122 Å². The standard InChI is InChI=1S/C64H115O11P/c1-4-7-10-13-16-19-22-25-28-30-33-36-39-42-45-48-51-54-63(67)74-60(56-65)58-72-76(69,70)73-59-61(57-71-62(66)53-50-47-44-41-38-35-32-27-24-21-18-15-12-9-6-3)75-64(68)55-52-49-46-43-40-37-34-31-29-26-23-20-17-14-11-8-5-2/h17-18,20-21,25-29,32,60-61,65H,4-16,19,22-24,30-31,33-59H2,1-3H3,(H,69,70)/b20-17-,21-18-,28-25-,29-26-,32-27-. The van der Waals surface area contributed by atoms with Crippen LogP contribution < -0.4 is 0 Å². The first-order valence-electron chi connectivity index (χ1n) is 31.2. The van der Waals surface area contributed by atoms with Crippen molar-refractivity contribution in [3.63, 3.8) is 0 Å². The van der Waals surface area contributed by atoms with Gasteiger partial charge in [-0.3, -0.25) is 23.4 Å². The average molecular weight is 1090 g/mol. The van der Waals surface area contributed by atoms with E-state index in [1.807, 2.05) is 0 Å². The van der Waals surface area contributed by atoms with Crippen LogP contribution in [0.15, 0.2) is 60.8 Å².